The summed E-state index contributed by atoms with van der Waals surface area (Å²) in [4.78, 5) is 2.55. The largest absolute Gasteiger partial charge is 0.376 e. The Bertz CT molecular complexity index is 418. The normalized spacial score (nSPS) is 19.0. The highest BCUT2D eigenvalue weighted by molar-refractivity contribution is 5.14. The topological polar surface area (TPSA) is 24.5 Å². The third-order valence-electron chi connectivity index (χ3n) is 3.86. The van der Waals surface area contributed by atoms with E-state index in [1.54, 1.807) is 0 Å². The molecule has 0 saturated carbocycles. The van der Waals surface area contributed by atoms with Crippen molar-refractivity contribution >= 4 is 0 Å². The maximum absolute atomic E-state index is 5.51. The Labute approximate surface area is 129 Å². The van der Waals surface area contributed by atoms with Gasteiger partial charge in [0, 0.05) is 25.7 Å². The van der Waals surface area contributed by atoms with Crippen molar-refractivity contribution in [1.82, 2.24) is 10.2 Å². The summed E-state index contributed by atoms with van der Waals surface area (Å²) in [7, 11) is 0. The summed E-state index contributed by atoms with van der Waals surface area (Å²) in [5.74, 6) is 0. The fourth-order valence-corrected chi connectivity index (χ4v) is 2.72. The number of likely N-dealkylation sites (tertiary alicyclic amines) is 1. The molecule has 21 heavy (non-hydrogen) atoms. The van der Waals surface area contributed by atoms with E-state index in [1.807, 2.05) is 6.92 Å². The van der Waals surface area contributed by atoms with Gasteiger partial charge in [0.15, 0.2) is 0 Å². The van der Waals surface area contributed by atoms with Crippen LogP contribution < -0.4 is 5.32 Å². The number of nitrogens with zero attached hydrogens (tertiary/aromatic N) is 1. The van der Waals surface area contributed by atoms with Crippen LogP contribution in [0.25, 0.3) is 0 Å². The summed E-state index contributed by atoms with van der Waals surface area (Å²) in [6.45, 7) is 11.7. The molecule has 2 rings (SSSR count). The van der Waals surface area contributed by atoms with Gasteiger partial charge in [-0.05, 0) is 31.9 Å². The number of hydrogen-bond donors (Lipinski definition) is 1. The van der Waals surface area contributed by atoms with E-state index in [2.05, 4.69) is 47.1 Å². The maximum Gasteiger partial charge on any atom is 0.0672 e. The Kier molecular flexibility index (Phi) is 6.93. The van der Waals surface area contributed by atoms with E-state index >= 15 is 0 Å². The lowest BCUT2D eigenvalue weighted by Crippen LogP contribution is -2.35. The molecule has 0 spiro atoms. The van der Waals surface area contributed by atoms with Crippen LogP contribution in [-0.4, -0.2) is 50.3 Å². The first-order chi connectivity index (χ1) is 10.2. The first kappa shape index (κ1) is 16.2. The maximum atomic E-state index is 5.51. The van der Waals surface area contributed by atoms with E-state index in [1.165, 1.54) is 18.5 Å². The van der Waals surface area contributed by atoms with E-state index in [0.29, 0.717) is 12.6 Å². The predicted octanol–water partition coefficient (Wildman–Crippen LogP) is 2.49. The van der Waals surface area contributed by atoms with Crippen LogP contribution in [0.15, 0.2) is 42.5 Å². The van der Waals surface area contributed by atoms with Gasteiger partial charge in [0.25, 0.3) is 0 Å². The molecule has 0 aromatic heterocycles. The van der Waals surface area contributed by atoms with Crippen molar-refractivity contribution in [2.75, 3.05) is 39.4 Å². The summed E-state index contributed by atoms with van der Waals surface area (Å²) in [6, 6.07) is 11.4. The minimum atomic E-state index is 0.620. The third kappa shape index (κ3) is 6.42. The van der Waals surface area contributed by atoms with Gasteiger partial charge in [-0.1, -0.05) is 42.5 Å². The molecule has 1 aliphatic heterocycles. The van der Waals surface area contributed by atoms with Crippen molar-refractivity contribution in [2.24, 2.45) is 0 Å². The number of rotatable bonds is 9. The molecule has 1 fully saturated rings. The molecular weight excluding hydrogens is 260 g/mol. The van der Waals surface area contributed by atoms with Gasteiger partial charge in [-0.3, -0.25) is 0 Å². The van der Waals surface area contributed by atoms with Gasteiger partial charge < -0.3 is 15.0 Å². The monoisotopic (exact) mass is 288 g/mol. The van der Waals surface area contributed by atoms with Crippen LogP contribution in [0.3, 0.4) is 0 Å². The van der Waals surface area contributed by atoms with Crippen molar-refractivity contribution in [3.8, 4) is 0 Å². The Hall–Kier alpha value is -1.16. The zero-order chi connectivity index (χ0) is 14.9. The second-order valence-electron chi connectivity index (χ2n) is 5.99. The molecule has 0 aliphatic carbocycles. The number of nitrogens with one attached hydrogen (secondary N) is 1. The molecule has 1 heterocycles. The van der Waals surface area contributed by atoms with Crippen molar-refractivity contribution in [3.63, 3.8) is 0 Å². The highest BCUT2D eigenvalue weighted by Crippen LogP contribution is 2.10. The zero-order valence-electron chi connectivity index (χ0n) is 13.2. The van der Waals surface area contributed by atoms with Gasteiger partial charge in [0.1, 0.15) is 0 Å². The standard InChI is InChI=1S/C18H28N2O/c1-16(2)15-21-13-10-19-18-9-12-20(14-18)11-8-17-6-4-3-5-7-17/h3-7,18-19H,1,8-15H2,2H3. The second-order valence-corrected chi connectivity index (χ2v) is 5.99. The lowest BCUT2D eigenvalue weighted by Gasteiger charge is -2.16. The van der Waals surface area contributed by atoms with Crippen molar-refractivity contribution < 1.29 is 4.74 Å². The van der Waals surface area contributed by atoms with Crippen molar-refractivity contribution in [2.45, 2.75) is 25.8 Å². The van der Waals surface area contributed by atoms with E-state index < -0.39 is 0 Å². The lowest BCUT2D eigenvalue weighted by molar-refractivity contribution is 0.155. The fourth-order valence-electron chi connectivity index (χ4n) is 2.72. The van der Waals surface area contributed by atoms with Crippen LogP contribution >= 0.6 is 0 Å². The molecular formula is C18H28N2O. The van der Waals surface area contributed by atoms with Gasteiger partial charge in [-0.25, -0.2) is 0 Å². The molecule has 1 aromatic rings. The minimum Gasteiger partial charge on any atom is -0.376 e. The van der Waals surface area contributed by atoms with Crippen LogP contribution in [0.1, 0.15) is 18.9 Å². The molecule has 3 nitrogen and oxygen atoms in total. The summed E-state index contributed by atoms with van der Waals surface area (Å²) < 4.78 is 5.51. The quantitative estimate of drug-likeness (QED) is 0.558. The van der Waals surface area contributed by atoms with Crippen LogP contribution in [0.4, 0.5) is 0 Å². The van der Waals surface area contributed by atoms with Crippen LogP contribution in [-0.2, 0) is 11.2 Å². The average molecular weight is 288 g/mol. The molecule has 1 N–H and O–H groups in total. The smallest absolute Gasteiger partial charge is 0.0672 e. The molecule has 1 aliphatic rings. The molecule has 0 radical (unpaired) electrons. The molecule has 0 amide bonds. The second kappa shape index (κ2) is 8.98. The van der Waals surface area contributed by atoms with Gasteiger partial charge >= 0.3 is 0 Å². The van der Waals surface area contributed by atoms with Gasteiger partial charge in [0.2, 0.25) is 0 Å². The number of hydrogen-bond acceptors (Lipinski definition) is 3. The SMILES string of the molecule is C=C(C)COCCNC1CCN(CCc2ccccc2)C1. The van der Waals surface area contributed by atoms with E-state index in [-0.39, 0.29) is 0 Å². The van der Waals surface area contributed by atoms with Gasteiger partial charge in [-0.2, -0.15) is 0 Å². The van der Waals surface area contributed by atoms with E-state index in [0.717, 1.165) is 38.2 Å². The van der Waals surface area contributed by atoms with E-state index in [9.17, 15) is 0 Å². The molecule has 116 valence electrons. The predicted molar refractivity (Wildman–Crippen MR) is 88.6 cm³/mol. The summed E-state index contributed by atoms with van der Waals surface area (Å²) in [5.41, 5.74) is 2.52. The number of benzene rings is 1. The highest BCUT2D eigenvalue weighted by atomic mass is 16.5. The number of ether oxygens (including phenoxy) is 1. The fraction of sp³-hybridized carbons (Fsp3) is 0.556. The molecule has 1 saturated heterocycles. The average Bonchev–Trinajstić information content (AvgIpc) is 2.93. The summed E-state index contributed by atoms with van der Waals surface area (Å²) in [5, 5.41) is 3.59. The van der Waals surface area contributed by atoms with Crippen molar-refractivity contribution in [1.29, 1.82) is 0 Å². The van der Waals surface area contributed by atoms with Crippen molar-refractivity contribution in [3.05, 3.63) is 48.0 Å². The lowest BCUT2D eigenvalue weighted by atomic mass is 10.1. The Balaban J connectivity index is 1.55. The van der Waals surface area contributed by atoms with Gasteiger partial charge in [0.05, 0.1) is 13.2 Å². The van der Waals surface area contributed by atoms with Crippen LogP contribution in [0, 0.1) is 0 Å². The molecule has 1 aromatic carbocycles. The molecule has 3 heteroatoms. The zero-order valence-corrected chi connectivity index (χ0v) is 13.2. The Morgan fingerprint density at radius 2 is 2.19 bits per heavy atom. The van der Waals surface area contributed by atoms with Crippen LogP contribution in [0.5, 0.6) is 0 Å². The Morgan fingerprint density at radius 1 is 1.38 bits per heavy atom. The summed E-state index contributed by atoms with van der Waals surface area (Å²) >= 11 is 0. The molecule has 1 atom stereocenters. The van der Waals surface area contributed by atoms with Crippen LogP contribution in [0.2, 0.25) is 0 Å². The molecule has 1 unspecified atom stereocenters. The Morgan fingerprint density at radius 3 is 2.95 bits per heavy atom. The first-order valence-electron chi connectivity index (χ1n) is 7.96. The third-order valence-corrected chi connectivity index (χ3v) is 3.86. The van der Waals surface area contributed by atoms with Gasteiger partial charge in [-0.15, -0.1) is 0 Å². The first-order valence-corrected chi connectivity index (χ1v) is 7.96. The molecule has 0 bridgehead atoms. The summed E-state index contributed by atoms with van der Waals surface area (Å²) in [6.07, 6.45) is 2.39. The van der Waals surface area contributed by atoms with E-state index in [4.69, 9.17) is 4.74 Å². The highest BCUT2D eigenvalue weighted by Gasteiger charge is 2.21. The minimum absolute atomic E-state index is 0.620.